The molecule has 0 fully saturated rings. The number of hydrogen-bond donors (Lipinski definition) is 0. The Morgan fingerprint density at radius 3 is 1.00 bits per heavy atom. The molecule has 3 unspecified atom stereocenters. The van der Waals surface area contributed by atoms with Gasteiger partial charge in [0.15, 0.2) is 0 Å². The van der Waals surface area contributed by atoms with Crippen LogP contribution in [0.1, 0.15) is 41.5 Å². The minimum Gasteiger partial charge on any atom is -0.430 e. The largest absolute Gasteiger partial charge is 0.557 e. The maximum absolute atomic E-state index is 12.7. The van der Waals surface area contributed by atoms with Crippen molar-refractivity contribution in [1.82, 2.24) is 0 Å². The second kappa shape index (κ2) is 13.9. The minimum absolute atomic E-state index is 0.0594. The van der Waals surface area contributed by atoms with Crippen LogP contribution >= 0.6 is 7.82 Å². The van der Waals surface area contributed by atoms with Crippen molar-refractivity contribution in [3.8, 4) is 0 Å². The van der Waals surface area contributed by atoms with E-state index in [1.54, 1.807) is 0 Å². The number of esters is 3. The van der Waals surface area contributed by atoms with Gasteiger partial charge in [0.1, 0.15) is 0 Å². The van der Waals surface area contributed by atoms with Gasteiger partial charge in [0.2, 0.25) is 18.9 Å². The van der Waals surface area contributed by atoms with E-state index in [1.807, 2.05) is 0 Å². The van der Waals surface area contributed by atoms with Crippen molar-refractivity contribution in [2.24, 2.45) is 0 Å². The molecule has 13 nitrogen and oxygen atoms in total. The predicted octanol–water partition coefficient (Wildman–Crippen LogP) is 3.34. The van der Waals surface area contributed by atoms with Crippen molar-refractivity contribution in [3.63, 3.8) is 0 Å². The van der Waals surface area contributed by atoms with Gasteiger partial charge in [0.05, 0.1) is 0 Å². The molecular formula is C18H27O13P. The predicted molar refractivity (Wildman–Crippen MR) is 105 cm³/mol. The van der Waals surface area contributed by atoms with Crippen LogP contribution in [0.25, 0.3) is 0 Å². The van der Waals surface area contributed by atoms with Crippen LogP contribution < -0.4 is 0 Å². The van der Waals surface area contributed by atoms with Crippen LogP contribution in [0.4, 0.5) is 0 Å². The van der Waals surface area contributed by atoms with Gasteiger partial charge in [0.25, 0.3) is 0 Å². The number of ether oxygens (including phenoxy) is 3. The van der Waals surface area contributed by atoms with E-state index in [9.17, 15) is 18.9 Å². The highest BCUT2D eigenvalue weighted by Gasteiger charge is 2.36. The van der Waals surface area contributed by atoms with Gasteiger partial charge < -0.3 is 14.2 Å². The molecule has 0 aromatic rings. The molecule has 0 spiro atoms. The van der Waals surface area contributed by atoms with Crippen molar-refractivity contribution in [2.75, 3.05) is 0 Å². The van der Waals surface area contributed by atoms with Crippen LogP contribution in [0, 0.1) is 0 Å². The molecular weight excluding hydrogens is 455 g/mol. The van der Waals surface area contributed by atoms with Crippen LogP contribution in [0.2, 0.25) is 0 Å². The smallest absolute Gasteiger partial charge is 0.430 e. The van der Waals surface area contributed by atoms with Crippen molar-refractivity contribution in [1.29, 1.82) is 0 Å². The quantitative estimate of drug-likeness (QED) is 0.0638. The van der Waals surface area contributed by atoms with Gasteiger partial charge in [-0.3, -0.25) is 0 Å². The summed E-state index contributed by atoms with van der Waals surface area (Å²) in [6, 6.07) is 0. The van der Waals surface area contributed by atoms with Crippen molar-refractivity contribution >= 4 is 25.7 Å². The number of carbonyl (C=O) groups is 3. The standard InChI is InChI=1S/C18H27O13P/c1-10(2)16(19)23-13(7)26-29-32(22,30-27-14(8)24-17(20)11(3)4)31-28-15(9)25-18(21)12(5)6/h13-15H,1,3,5H2,2,4,6-9H3. The Morgan fingerprint density at radius 1 is 0.594 bits per heavy atom. The number of phosphoric acid groups is 1. The lowest BCUT2D eigenvalue weighted by Gasteiger charge is -2.20. The molecule has 182 valence electrons. The average Bonchev–Trinajstić information content (AvgIpc) is 2.69. The van der Waals surface area contributed by atoms with Gasteiger partial charge in [-0.05, 0) is 20.8 Å². The van der Waals surface area contributed by atoms with E-state index < -0.39 is 44.6 Å². The maximum Gasteiger partial charge on any atom is 0.557 e. The summed E-state index contributed by atoms with van der Waals surface area (Å²) < 4.78 is 40.5. The summed E-state index contributed by atoms with van der Waals surface area (Å²) in [7, 11) is -4.89. The molecule has 0 aromatic carbocycles. The Bertz CT molecular complexity index is 675. The Labute approximate surface area is 185 Å². The monoisotopic (exact) mass is 482 g/mol. The lowest BCUT2D eigenvalue weighted by atomic mass is 10.4. The molecule has 32 heavy (non-hydrogen) atoms. The third-order valence-corrected chi connectivity index (χ3v) is 3.48. The molecule has 0 radical (unpaired) electrons. The first-order valence-corrected chi connectivity index (χ1v) is 10.4. The van der Waals surface area contributed by atoms with Crippen molar-refractivity contribution < 1.29 is 61.8 Å². The minimum atomic E-state index is -4.89. The van der Waals surface area contributed by atoms with Gasteiger partial charge in [0, 0.05) is 37.5 Å². The van der Waals surface area contributed by atoms with E-state index in [0.29, 0.717) is 0 Å². The zero-order valence-electron chi connectivity index (χ0n) is 18.6. The van der Waals surface area contributed by atoms with Gasteiger partial charge >= 0.3 is 25.7 Å². The van der Waals surface area contributed by atoms with Crippen LogP contribution in [0.3, 0.4) is 0 Å². The Kier molecular flexibility index (Phi) is 12.9. The molecule has 0 N–H and O–H groups in total. The summed E-state index contributed by atoms with van der Waals surface area (Å²) in [5, 5.41) is 0. The first kappa shape index (κ1) is 29.6. The molecule has 0 saturated carbocycles. The van der Waals surface area contributed by atoms with Gasteiger partial charge in [-0.2, -0.15) is 14.7 Å². The summed E-state index contributed by atoms with van der Waals surface area (Å²) in [5.74, 6) is -2.48. The number of carbonyl (C=O) groups excluding carboxylic acids is 3. The van der Waals surface area contributed by atoms with Crippen molar-refractivity contribution in [3.05, 3.63) is 36.5 Å². The maximum atomic E-state index is 12.7. The van der Waals surface area contributed by atoms with E-state index in [4.69, 9.17) is 14.2 Å². The zero-order valence-corrected chi connectivity index (χ0v) is 19.5. The topological polar surface area (TPSA) is 151 Å². The van der Waals surface area contributed by atoms with E-state index in [0.717, 1.165) is 0 Å². The SMILES string of the molecule is C=C(C)C(=O)OC(C)OOP(=O)(OOC(C)OC(=O)C(=C)C)OOC(C)OC(=O)C(=C)C. The molecule has 0 rings (SSSR count). The highest BCUT2D eigenvalue weighted by Crippen LogP contribution is 2.51. The molecule has 0 aliphatic rings. The fraction of sp³-hybridized carbons (Fsp3) is 0.500. The third-order valence-electron chi connectivity index (χ3n) is 2.67. The molecule has 3 atom stereocenters. The summed E-state index contributed by atoms with van der Waals surface area (Å²) in [6.07, 6.45) is -4.22. The molecule has 0 heterocycles. The molecule has 0 amide bonds. The van der Waals surface area contributed by atoms with Crippen molar-refractivity contribution in [2.45, 2.75) is 60.4 Å². The highest BCUT2D eigenvalue weighted by molar-refractivity contribution is 7.48. The zero-order chi connectivity index (χ0) is 25.1. The van der Waals surface area contributed by atoms with Crippen LogP contribution in [-0.2, 0) is 61.8 Å². The Morgan fingerprint density at radius 2 is 0.812 bits per heavy atom. The van der Waals surface area contributed by atoms with Gasteiger partial charge in [-0.25, -0.2) is 18.9 Å². The first-order chi connectivity index (χ1) is 14.7. The lowest BCUT2D eigenvalue weighted by molar-refractivity contribution is -0.390. The fourth-order valence-electron chi connectivity index (χ4n) is 1.19. The van der Waals surface area contributed by atoms with Gasteiger partial charge in [-0.1, -0.05) is 19.7 Å². The number of rotatable bonds is 15. The third kappa shape index (κ3) is 12.5. The summed E-state index contributed by atoms with van der Waals surface area (Å²) in [5.41, 5.74) is 0.178. The Balaban J connectivity index is 5.07. The van der Waals surface area contributed by atoms with E-state index >= 15 is 0 Å². The van der Waals surface area contributed by atoms with E-state index in [1.165, 1.54) is 41.5 Å². The fourth-order valence-corrected chi connectivity index (χ4v) is 1.94. The van der Waals surface area contributed by atoms with E-state index in [-0.39, 0.29) is 16.7 Å². The lowest BCUT2D eigenvalue weighted by Crippen LogP contribution is -2.22. The summed E-state index contributed by atoms with van der Waals surface area (Å²) in [4.78, 5) is 48.3. The molecule has 0 aromatic heterocycles. The normalized spacial score (nSPS) is 15.4. The highest BCUT2D eigenvalue weighted by atomic mass is 31.2. The van der Waals surface area contributed by atoms with Crippen LogP contribution in [0.5, 0.6) is 0 Å². The Hall–Kier alpha value is -2.38. The molecule has 0 saturated heterocycles. The molecule has 0 aliphatic heterocycles. The number of hydrogen-bond acceptors (Lipinski definition) is 13. The summed E-state index contributed by atoms with van der Waals surface area (Å²) in [6.45, 7) is 17.9. The molecule has 0 aliphatic carbocycles. The first-order valence-electron chi connectivity index (χ1n) is 8.91. The molecule has 14 heteroatoms. The van der Waals surface area contributed by atoms with E-state index in [2.05, 4.69) is 48.4 Å². The van der Waals surface area contributed by atoms with Crippen LogP contribution in [-0.4, -0.2) is 36.8 Å². The average molecular weight is 482 g/mol. The van der Waals surface area contributed by atoms with Crippen LogP contribution in [0.15, 0.2) is 36.5 Å². The second-order valence-electron chi connectivity index (χ2n) is 6.22. The van der Waals surface area contributed by atoms with Gasteiger partial charge in [-0.15, -0.1) is 14.0 Å². The summed E-state index contributed by atoms with van der Waals surface area (Å²) >= 11 is 0. The molecule has 0 bridgehead atoms. The second-order valence-corrected chi connectivity index (χ2v) is 7.56.